The topological polar surface area (TPSA) is 33.1 Å². The van der Waals surface area contributed by atoms with Gasteiger partial charge in [0.25, 0.3) is 0 Å². The van der Waals surface area contributed by atoms with Crippen molar-refractivity contribution >= 4 is 0 Å². The fraction of sp³-hybridized carbons (Fsp3) is 0.786. The Morgan fingerprint density at radius 2 is 2.22 bits per heavy atom. The highest BCUT2D eigenvalue weighted by Gasteiger charge is 2.37. The van der Waals surface area contributed by atoms with Crippen molar-refractivity contribution in [3.05, 3.63) is 17.5 Å². The standard InChI is InChI=1S/C14H26N4/c1-10(2)18-7-6-12(8-15-4)14(18)13-9-17(5)16-11(13)3/h9-10,12,14-15H,6-8H2,1-5H3. The zero-order valence-corrected chi connectivity index (χ0v) is 12.3. The summed E-state index contributed by atoms with van der Waals surface area (Å²) in [5.74, 6) is 0.695. The quantitative estimate of drug-likeness (QED) is 0.883. The van der Waals surface area contributed by atoms with E-state index in [4.69, 9.17) is 0 Å². The lowest BCUT2D eigenvalue weighted by molar-refractivity contribution is 0.182. The molecule has 0 aliphatic carbocycles. The van der Waals surface area contributed by atoms with Crippen LogP contribution < -0.4 is 5.32 Å². The van der Waals surface area contributed by atoms with Crippen LogP contribution >= 0.6 is 0 Å². The number of hydrogen-bond donors (Lipinski definition) is 1. The Morgan fingerprint density at radius 3 is 2.72 bits per heavy atom. The van der Waals surface area contributed by atoms with Crippen molar-refractivity contribution in [1.82, 2.24) is 20.0 Å². The van der Waals surface area contributed by atoms with Crippen molar-refractivity contribution in [2.24, 2.45) is 13.0 Å². The van der Waals surface area contributed by atoms with Gasteiger partial charge in [-0.2, -0.15) is 5.10 Å². The van der Waals surface area contributed by atoms with E-state index in [9.17, 15) is 0 Å². The van der Waals surface area contributed by atoms with Gasteiger partial charge in [-0.05, 0) is 53.2 Å². The highest BCUT2D eigenvalue weighted by Crippen LogP contribution is 2.39. The molecule has 0 bridgehead atoms. The van der Waals surface area contributed by atoms with Gasteiger partial charge in [-0.25, -0.2) is 0 Å². The normalized spacial score (nSPS) is 25.2. The van der Waals surface area contributed by atoms with Crippen molar-refractivity contribution in [2.45, 2.75) is 39.3 Å². The van der Waals surface area contributed by atoms with E-state index in [1.54, 1.807) is 0 Å². The molecule has 1 fully saturated rings. The number of nitrogens with zero attached hydrogens (tertiary/aromatic N) is 3. The van der Waals surface area contributed by atoms with Crippen molar-refractivity contribution < 1.29 is 0 Å². The summed E-state index contributed by atoms with van der Waals surface area (Å²) in [5.41, 5.74) is 2.58. The second-order valence-electron chi connectivity index (χ2n) is 5.73. The molecule has 1 aromatic rings. The van der Waals surface area contributed by atoms with Crippen LogP contribution in [0.3, 0.4) is 0 Å². The summed E-state index contributed by atoms with van der Waals surface area (Å²) in [7, 11) is 4.06. The summed E-state index contributed by atoms with van der Waals surface area (Å²) in [6.07, 6.45) is 3.47. The lowest BCUT2D eigenvalue weighted by atomic mass is 9.93. The Hall–Kier alpha value is -0.870. The van der Waals surface area contributed by atoms with Crippen LogP contribution in [0.25, 0.3) is 0 Å². The summed E-state index contributed by atoms with van der Waals surface area (Å²) in [6.45, 7) is 8.99. The predicted octanol–water partition coefficient (Wildman–Crippen LogP) is 1.72. The van der Waals surface area contributed by atoms with Crippen molar-refractivity contribution in [3.8, 4) is 0 Å². The van der Waals surface area contributed by atoms with E-state index in [0.717, 1.165) is 6.54 Å². The van der Waals surface area contributed by atoms with E-state index in [-0.39, 0.29) is 0 Å². The van der Waals surface area contributed by atoms with Gasteiger partial charge in [-0.15, -0.1) is 0 Å². The first-order chi connectivity index (χ1) is 8.54. The number of hydrogen-bond acceptors (Lipinski definition) is 3. The van der Waals surface area contributed by atoms with Crippen LogP contribution in [0, 0.1) is 12.8 Å². The third-order valence-corrected chi connectivity index (χ3v) is 4.06. The molecule has 0 radical (unpaired) electrons. The average Bonchev–Trinajstić information content (AvgIpc) is 2.82. The molecular formula is C14H26N4. The summed E-state index contributed by atoms with van der Waals surface area (Å²) in [5, 5.41) is 7.85. The third kappa shape index (κ3) is 2.45. The van der Waals surface area contributed by atoms with Crippen molar-refractivity contribution in [2.75, 3.05) is 20.1 Å². The molecular weight excluding hydrogens is 224 g/mol. The van der Waals surface area contributed by atoms with Crippen LogP contribution in [0.1, 0.15) is 37.6 Å². The fourth-order valence-electron chi connectivity index (χ4n) is 3.28. The molecule has 1 aromatic heterocycles. The maximum absolute atomic E-state index is 4.51. The van der Waals surface area contributed by atoms with Gasteiger partial charge < -0.3 is 5.32 Å². The molecule has 2 heterocycles. The first-order valence-corrected chi connectivity index (χ1v) is 6.95. The van der Waals surface area contributed by atoms with Gasteiger partial charge >= 0.3 is 0 Å². The number of aromatic nitrogens is 2. The van der Waals surface area contributed by atoms with Gasteiger partial charge in [0.05, 0.1) is 5.69 Å². The van der Waals surface area contributed by atoms with Gasteiger partial charge in [0.2, 0.25) is 0 Å². The molecule has 4 heteroatoms. The molecule has 102 valence electrons. The summed E-state index contributed by atoms with van der Waals surface area (Å²) in [6, 6.07) is 1.11. The molecule has 0 spiro atoms. The zero-order chi connectivity index (χ0) is 13.3. The minimum atomic E-state index is 0.520. The Balaban J connectivity index is 2.31. The number of nitrogens with one attached hydrogen (secondary N) is 1. The van der Waals surface area contributed by atoms with Gasteiger partial charge in [0, 0.05) is 30.9 Å². The van der Waals surface area contributed by atoms with Crippen LogP contribution in [0.15, 0.2) is 6.20 Å². The number of rotatable bonds is 4. The molecule has 0 amide bonds. The molecule has 4 nitrogen and oxygen atoms in total. The molecule has 0 aromatic carbocycles. The Labute approximate surface area is 110 Å². The molecule has 1 aliphatic rings. The second-order valence-corrected chi connectivity index (χ2v) is 5.73. The highest BCUT2D eigenvalue weighted by atomic mass is 15.3. The van der Waals surface area contributed by atoms with E-state index < -0.39 is 0 Å². The van der Waals surface area contributed by atoms with Crippen molar-refractivity contribution in [1.29, 1.82) is 0 Å². The SMILES string of the molecule is CNCC1CCN(C(C)C)C1c1cn(C)nc1C. The first-order valence-electron chi connectivity index (χ1n) is 6.95. The number of likely N-dealkylation sites (tertiary alicyclic amines) is 1. The lowest BCUT2D eigenvalue weighted by Crippen LogP contribution is -2.34. The minimum Gasteiger partial charge on any atom is -0.319 e. The zero-order valence-electron chi connectivity index (χ0n) is 12.3. The van der Waals surface area contributed by atoms with Crippen LogP contribution in [0.5, 0.6) is 0 Å². The molecule has 0 saturated carbocycles. The van der Waals surface area contributed by atoms with Gasteiger partial charge in [-0.3, -0.25) is 9.58 Å². The van der Waals surface area contributed by atoms with Gasteiger partial charge in [0.15, 0.2) is 0 Å². The number of aryl methyl sites for hydroxylation is 2. The summed E-state index contributed by atoms with van der Waals surface area (Å²) >= 11 is 0. The Kier molecular flexibility index (Phi) is 4.07. The lowest BCUT2D eigenvalue weighted by Gasteiger charge is -2.31. The third-order valence-electron chi connectivity index (χ3n) is 4.06. The molecule has 1 saturated heterocycles. The largest absolute Gasteiger partial charge is 0.319 e. The predicted molar refractivity (Wildman–Crippen MR) is 74.6 cm³/mol. The summed E-state index contributed by atoms with van der Waals surface area (Å²) < 4.78 is 1.94. The van der Waals surface area contributed by atoms with E-state index in [1.807, 2.05) is 18.8 Å². The van der Waals surface area contributed by atoms with Gasteiger partial charge in [-0.1, -0.05) is 0 Å². The Morgan fingerprint density at radius 1 is 1.50 bits per heavy atom. The van der Waals surface area contributed by atoms with E-state index in [0.29, 0.717) is 18.0 Å². The van der Waals surface area contributed by atoms with E-state index >= 15 is 0 Å². The summed E-state index contributed by atoms with van der Waals surface area (Å²) in [4.78, 5) is 2.62. The highest BCUT2D eigenvalue weighted by molar-refractivity contribution is 5.23. The van der Waals surface area contributed by atoms with Crippen LogP contribution in [-0.2, 0) is 7.05 Å². The van der Waals surface area contributed by atoms with Gasteiger partial charge in [0.1, 0.15) is 0 Å². The van der Waals surface area contributed by atoms with Crippen LogP contribution in [0.2, 0.25) is 0 Å². The fourth-order valence-corrected chi connectivity index (χ4v) is 3.28. The molecule has 2 unspecified atom stereocenters. The minimum absolute atomic E-state index is 0.520. The maximum atomic E-state index is 4.51. The smallest absolute Gasteiger partial charge is 0.0641 e. The molecule has 18 heavy (non-hydrogen) atoms. The molecule has 1 aliphatic heterocycles. The second kappa shape index (κ2) is 5.41. The maximum Gasteiger partial charge on any atom is 0.0641 e. The van der Waals surface area contributed by atoms with Crippen LogP contribution in [-0.4, -0.2) is 40.9 Å². The molecule has 2 atom stereocenters. The average molecular weight is 250 g/mol. The van der Waals surface area contributed by atoms with Crippen LogP contribution in [0.4, 0.5) is 0 Å². The molecule has 1 N–H and O–H groups in total. The Bertz CT molecular complexity index is 396. The molecule has 2 rings (SSSR count). The first kappa shape index (κ1) is 13.6. The van der Waals surface area contributed by atoms with Crippen molar-refractivity contribution in [3.63, 3.8) is 0 Å². The monoisotopic (exact) mass is 250 g/mol. The van der Waals surface area contributed by atoms with E-state index in [2.05, 4.69) is 42.3 Å². The van der Waals surface area contributed by atoms with E-state index in [1.165, 1.54) is 24.2 Å².